The van der Waals surface area contributed by atoms with E-state index in [2.05, 4.69) is 44.2 Å². The van der Waals surface area contributed by atoms with E-state index >= 15 is 0 Å². The Hall–Kier alpha value is -1.04. The Bertz CT molecular complexity index is 614. The molecule has 0 heterocycles. The van der Waals surface area contributed by atoms with Crippen LogP contribution in [-0.4, -0.2) is 0 Å². The lowest BCUT2D eigenvalue weighted by Crippen LogP contribution is -2.13. The van der Waals surface area contributed by atoms with Gasteiger partial charge in [0, 0.05) is 0 Å². The first-order valence-electron chi connectivity index (χ1n) is 14.1. The standard InChI is InChI=1S/C31H50/c1-3-5-6-7-8-9-10-11-13-27-16-20-29(21-17-27)31-24-22-30(23-25-31)28-18-14-26(12-4-2)15-19-28/h18,22-27,29H,3-17,19-21H2,1-2H3/t26?,27-,29-. The summed E-state index contributed by atoms with van der Waals surface area (Å²) in [6, 6.07) is 9.76. The highest BCUT2D eigenvalue weighted by atomic mass is 14.3. The maximum atomic E-state index is 2.54. The lowest BCUT2D eigenvalue weighted by atomic mass is 9.76. The molecule has 1 atom stereocenters. The average molecular weight is 423 g/mol. The van der Waals surface area contributed by atoms with Gasteiger partial charge >= 0.3 is 0 Å². The summed E-state index contributed by atoms with van der Waals surface area (Å²) in [5.41, 5.74) is 4.70. The fourth-order valence-electron chi connectivity index (χ4n) is 6.14. The third kappa shape index (κ3) is 8.43. The molecule has 0 saturated heterocycles. The van der Waals surface area contributed by atoms with Crippen molar-refractivity contribution in [3.8, 4) is 0 Å². The van der Waals surface area contributed by atoms with Crippen LogP contribution in [0.1, 0.15) is 146 Å². The van der Waals surface area contributed by atoms with Gasteiger partial charge in [0.15, 0.2) is 0 Å². The summed E-state index contributed by atoms with van der Waals surface area (Å²) in [4.78, 5) is 0. The summed E-state index contributed by atoms with van der Waals surface area (Å²) in [6.07, 6.45) is 28.1. The summed E-state index contributed by atoms with van der Waals surface area (Å²) in [5, 5.41) is 0. The number of unbranched alkanes of at least 4 members (excludes halogenated alkanes) is 7. The van der Waals surface area contributed by atoms with E-state index in [-0.39, 0.29) is 0 Å². The van der Waals surface area contributed by atoms with Gasteiger partial charge in [0.25, 0.3) is 0 Å². The Morgan fingerprint density at radius 1 is 0.645 bits per heavy atom. The third-order valence-corrected chi connectivity index (χ3v) is 8.28. The van der Waals surface area contributed by atoms with Crippen molar-refractivity contribution in [2.75, 3.05) is 0 Å². The Kier molecular flexibility index (Phi) is 11.3. The molecule has 1 fully saturated rings. The van der Waals surface area contributed by atoms with Crippen LogP contribution in [0.4, 0.5) is 0 Å². The molecule has 174 valence electrons. The number of allylic oxidation sites excluding steroid dienone is 2. The van der Waals surface area contributed by atoms with Crippen molar-refractivity contribution in [2.24, 2.45) is 11.8 Å². The molecule has 1 aromatic carbocycles. The summed E-state index contributed by atoms with van der Waals surface area (Å²) in [5.74, 6) is 2.77. The molecule has 0 amide bonds. The van der Waals surface area contributed by atoms with Crippen LogP contribution in [0.15, 0.2) is 30.3 Å². The molecule has 0 nitrogen and oxygen atoms in total. The van der Waals surface area contributed by atoms with Crippen LogP contribution in [0, 0.1) is 11.8 Å². The van der Waals surface area contributed by atoms with E-state index in [4.69, 9.17) is 0 Å². The van der Waals surface area contributed by atoms with Crippen molar-refractivity contribution in [3.05, 3.63) is 41.5 Å². The second-order valence-corrected chi connectivity index (χ2v) is 10.8. The predicted molar refractivity (Wildman–Crippen MR) is 139 cm³/mol. The van der Waals surface area contributed by atoms with Gasteiger partial charge in [-0.25, -0.2) is 0 Å². The maximum absolute atomic E-state index is 2.54. The number of hydrogen-bond donors (Lipinski definition) is 0. The Morgan fingerprint density at radius 3 is 1.94 bits per heavy atom. The quantitative estimate of drug-likeness (QED) is 0.277. The van der Waals surface area contributed by atoms with Crippen LogP contribution in [0.2, 0.25) is 0 Å². The molecule has 3 rings (SSSR count). The zero-order valence-corrected chi connectivity index (χ0v) is 20.8. The first-order valence-corrected chi connectivity index (χ1v) is 14.1. The molecule has 1 unspecified atom stereocenters. The summed E-state index contributed by atoms with van der Waals surface area (Å²) in [7, 11) is 0. The van der Waals surface area contributed by atoms with E-state index in [0.717, 1.165) is 17.8 Å². The minimum absolute atomic E-state index is 0.818. The number of rotatable bonds is 13. The molecule has 0 spiro atoms. The molecular weight excluding hydrogens is 372 g/mol. The molecule has 0 heteroatoms. The van der Waals surface area contributed by atoms with Crippen LogP contribution in [0.5, 0.6) is 0 Å². The number of hydrogen-bond acceptors (Lipinski definition) is 0. The fourth-order valence-corrected chi connectivity index (χ4v) is 6.14. The highest BCUT2D eigenvalue weighted by Crippen LogP contribution is 2.39. The van der Waals surface area contributed by atoms with Gasteiger partial charge in [-0.15, -0.1) is 0 Å². The Balaban J connectivity index is 1.33. The van der Waals surface area contributed by atoms with Crippen molar-refractivity contribution in [2.45, 2.75) is 135 Å². The average Bonchev–Trinajstić information content (AvgIpc) is 2.82. The third-order valence-electron chi connectivity index (χ3n) is 8.28. The van der Waals surface area contributed by atoms with Gasteiger partial charge in [-0.1, -0.05) is 115 Å². The van der Waals surface area contributed by atoms with Crippen molar-refractivity contribution in [1.29, 1.82) is 0 Å². The topological polar surface area (TPSA) is 0 Å². The van der Waals surface area contributed by atoms with E-state index in [1.54, 1.807) is 11.1 Å². The van der Waals surface area contributed by atoms with Gasteiger partial charge in [-0.2, -0.15) is 0 Å². The summed E-state index contributed by atoms with van der Waals surface area (Å²) >= 11 is 0. The van der Waals surface area contributed by atoms with Gasteiger partial charge in [0.05, 0.1) is 0 Å². The molecule has 1 aromatic rings. The summed E-state index contributed by atoms with van der Waals surface area (Å²) < 4.78 is 0. The van der Waals surface area contributed by atoms with E-state index in [9.17, 15) is 0 Å². The Labute approximate surface area is 194 Å². The molecule has 31 heavy (non-hydrogen) atoms. The van der Waals surface area contributed by atoms with Crippen molar-refractivity contribution in [1.82, 2.24) is 0 Å². The maximum Gasteiger partial charge on any atom is -0.0162 e. The molecule has 0 radical (unpaired) electrons. The second kappa shape index (κ2) is 14.2. The normalized spacial score (nSPS) is 24.2. The van der Waals surface area contributed by atoms with E-state index in [0.29, 0.717) is 0 Å². The van der Waals surface area contributed by atoms with Crippen LogP contribution in [0.25, 0.3) is 5.57 Å². The first-order chi connectivity index (χ1) is 15.3. The van der Waals surface area contributed by atoms with Crippen molar-refractivity contribution >= 4 is 5.57 Å². The second-order valence-electron chi connectivity index (χ2n) is 10.8. The Morgan fingerprint density at radius 2 is 1.32 bits per heavy atom. The smallest absolute Gasteiger partial charge is 0.0162 e. The minimum atomic E-state index is 0.818. The molecule has 1 saturated carbocycles. The van der Waals surface area contributed by atoms with Crippen molar-refractivity contribution in [3.63, 3.8) is 0 Å². The van der Waals surface area contributed by atoms with Gasteiger partial charge in [-0.05, 0) is 79.4 Å². The van der Waals surface area contributed by atoms with Gasteiger partial charge in [-0.3, -0.25) is 0 Å². The van der Waals surface area contributed by atoms with Gasteiger partial charge in [0.1, 0.15) is 0 Å². The lowest BCUT2D eigenvalue weighted by molar-refractivity contribution is 0.301. The van der Waals surface area contributed by atoms with Crippen LogP contribution in [0.3, 0.4) is 0 Å². The molecule has 0 aliphatic heterocycles. The number of benzene rings is 1. The highest BCUT2D eigenvalue weighted by molar-refractivity contribution is 5.66. The molecule has 0 N–H and O–H groups in total. The van der Waals surface area contributed by atoms with Gasteiger partial charge in [0.2, 0.25) is 0 Å². The van der Waals surface area contributed by atoms with Crippen molar-refractivity contribution < 1.29 is 0 Å². The fraction of sp³-hybridized carbons (Fsp3) is 0.742. The monoisotopic (exact) mass is 422 g/mol. The van der Waals surface area contributed by atoms with E-state index < -0.39 is 0 Å². The molecule has 0 aromatic heterocycles. The lowest BCUT2D eigenvalue weighted by Gasteiger charge is -2.29. The molecule has 2 aliphatic rings. The molecular formula is C31H50. The minimum Gasteiger partial charge on any atom is -0.0804 e. The van der Waals surface area contributed by atoms with E-state index in [1.807, 2.05) is 0 Å². The SMILES string of the molecule is CCCCCCCCCC[C@H]1CC[C@H](c2ccc(C3=CCC(CCC)CC3)cc2)CC1. The molecule has 0 bridgehead atoms. The zero-order valence-electron chi connectivity index (χ0n) is 20.8. The van der Waals surface area contributed by atoms with Crippen LogP contribution < -0.4 is 0 Å². The van der Waals surface area contributed by atoms with Crippen LogP contribution >= 0.6 is 0 Å². The largest absolute Gasteiger partial charge is 0.0804 e. The zero-order chi connectivity index (χ0) is 21.7. The predicted octanol–water partition coefficient (Wildman–Crippen LogP) is 10.5. The molecule has 2 aliphatic carbocycles. The van der Waals surface area contributed by atoms with Gasteiger partial charge < -0.3 is 0 Å². The van der Waals surface area contributed by atoms with Crippen LogP contribution in [-0.2, 0) is 0 Å². The summed E-state index contributed by atoms with van der Waals surface area (Å²) in [6.45, 7) is 4.63. The first kappa shape index (κ1) is 24.6. The highest BCUT2D eigenvalue weighted by Gasteiger charge is 2.22. The van der Waals surface area contributed by atoms with E-state index in [1.165, 1.54) is 121 Å².